The van der Waals surface area contributed by atoms with Crippen LogP contribution in [0, 0.1) is 22.7 Å². The molecular formula is C40H28N6S2. The van der Waals surface area contributed by atoms with Crippen molar-refractivity contribution in [3.8, 4) is 34.7 Å². The van der Waals surface area contributed by atoms with Gasteiger partial charge in [0.25, 0.3) is 0 Å². The maximum absolute atomic E-state index is 10.8. The quantitative estimate of drug-likeness (QED) is 0.198. The molecule has 4 aromatic carbocycles. The fraction of sp³-hybridized carbons (Fsp3) is 0.100. The molecule has 2 N–H and O–H groups in total. The van der Waals surface area contributed by atoms with Gasteiger partial charge in [0, 0.05) is 10.8 Å². The van der Waals surface area contributed by atoms with E-state index in [4.69, 9.17) is 9.97 Å². The number of aromatic nitrogens is 4. The Morgan fingerprint density at radius 2 is 1.02 bits per heavy atom. The highest BCUT2D eigenvalue weighted by molar-refractivity contribution is 7.20. The van der Waals surface area contributed by atoms with Gasteiger partial charge < -0.3 is 9.97 Å². The number of rotatable bonds is 4. The first-order chi connectivity index (χ1) is 23.3. The van der Waals surface area contributed by atoms with E-state index in [0.29, 0.717) is 31.9 Å². The van der Waals surface area contributed by atoms with Gasteiger partial charge >= 0.3 is 0 Å². The van der Waals surface area contributed by atoms with E-state index in [1.807, 2.05) is 78.9 Å². The molecule has 0 saturated carbocycles. The fourth-order valence-electron chi connectivity index (χ4n) is 6.18. The van der Waals surface area contributed by atoms with Gasteiger partial charge in [-0.3, -0.25) is 0 Å². The first kappa shape index (κ1) is 29.6. The largest absolute Gasteiger partial charge is 0.353 e. The molecule has 0 saturated heterocycles. The average Bonchev–Trinajstić information content (AvgIpc) is 3.89. The molecule has 4 aromatic heterocycles. The number of hydrogen-bond acceptors (Lipinski definition) is 6. The topological polar surface area (TPSA) is 105 Å². The summed E-state index contributed by atoms with van der Waals surface area (Å²) in [4.78, 5) is 17.1. The molecule has 0 radical (unpaired) electrons. The third-order valence-corrected chi connectivity index (χ3v) is 10.7. The van der Waals surface area contributed by atoms with Crippen LogP contribution in [-0.2, 0) is 5.41 Å². The number of hydrogen-bond donors (Lipinski definition) is 2. The van der Waals surface area contributed by atoms with Crippen molar-refractivity contribution in [3.63, 3.8) is 0 Å². The van der Waals surface area contributed by atoms with E-state index in [1.165, 1.54) is 28.2 Å². The smallest absolute Gasteiger partial charge is 0.137 e. The first-order valence-corrected chi connectivity index (χ1v) is 17.2. The molecule has 48 heavy (non-hydrogen) atoms. The second-order valence-corrected chi connectivity index (χ2v) is 14.7. The Kier molecular flexibility index (Phi) is 7.07. The Hall–Kier alpha value is -5.80. The summed E-state index contributed by atoms with van der Waals surface area (Å²) in [5, 5.41) is 25.8. The van der Waals surface area contributed by atoms with E-state index >= 15 is 0 Å². The molecule has 230 valence electrons. The predicted molar refractivity (Wildman–Crippen MR) is 197 cm³/mol. The van der Waals surface area contributed by atoms with Crippen LogP contribution in [0.2, 0.25) is 0 Å². The van der Waals surface area contributed by atoms with Gasteiger partial charge in [0.2, 0.25) is 0 Å². The maximum Gasteiger partial charge on any atom is 0.137 e. The van der Waals surface area contributed by atoms with E-state index < -0.39 is 0 Å². The standard InChI is InChI=1S/C40H28N6S2/c1-40(2,3)25-19-17-24(18-20-25)35-33-32(36(46-35)26(21-41)38-43-28-13-7-9-15-30(28)47-38)34(23-11-5-4-6-12-23)45-37(33)27(22-42)39-44-29-14-8-10-16-31(29)48-39/h4-20,45-46H,1-3H3/b36-26-,37-27-. The molecule has 8 aromatic rings. The van der Waals surface area contributed by atoms with Crippen molar-refractivity contribution in [2.24, 2.45) is 0 Å². The van der Waals surface area contributed by atoms with E-state index in [1.54, 1.807) is 0 Å². The summed E-state index contributed by atoms with van der Waals surface area (Å²) in [5.41, 5.74) is 7.29. The Balaban J connectivity index is 1.56. The summed E-state index contributed by atoms with van der Waals surface area (Å²) in [6, 6.07) is 39.4. The maximum atomic E-state index is 10.8. The summed E-state index contributed by atoms with van der Waals surface area (Å²) >= 11 is 2.99. The number of H-pyrrole nitrogens is 2. The van der Waals surface area contributed by atoms with Gasteiger partial charge in [-0.1, -0.05) is 99.6 Å². The lowest BCUT2D eigenvalue weighted by Crippen LogP contribution is -2.11. The van der Waals surface area contributed by atoms with Crippen LogP contribution in [0.1, 0.15) is 36.3 Å². The van der Waals surface area contributed by atoms with E-state index in [-0.39, 0.29) is 5.41 Å². The van der Waals surface area contributed by atoms with Crippen molar-refractivity contribution in [2.75, 3.05) is 0 Å². The van der Waals surface area contributed by atoms with Crippen LogP contribution >= 0.6 is 22.7 Å². The summed E-state index contributed by atoms with van der Waals surface area (Å²) in [5.74, 6) is 0. The molecule has 8 heteroatoms. The zero-order chi connectivity index (χ0) is 33.0. The molecule has 0 aliphatic heterocycles. The second kappa shape index (κ2) is 11.5. The van der Waals surface area contributed by atoms with Crippen LogP contribution in [0.3, 0.4) is 0 Å². The van der Waals surface area contributed by atoms with Crippen LogP contribution < -0.4 is 10.7 Å². The Labute approximate surface area is 284 Å². The zero-order valence-electron chi connectivity index (χ0n) is 26.4. The summed E-state index contributed by atoms with van der Waals surface area (Å²) in [6.45, 7) is 6.59. The molecule has 0 amide bonds. The lowest BCUT2D eigenvalue weighted by Gasteiger charge is -2.19. The summed E-state index contributed by atoms with van der Waals surface area (Å²) < 4.78 is 2.02. The second-order valence-electron chi connectivity index (χ2n) is 12.6. The number of nitriles is 2. The van der Waals surface area contributed by atoms with Crippen molar-refractivity contribution < 1.29 is 0 Å². The van der Waals surface area contributed by atoms with E-state index in [2.05, 4.69) is 67.1 Å². The van der Waals surface area contributed by atoms with Gasteiger partial charge in [-0.05, 0) is 46.4 Å². The van der Waals surface area contributed by atoms with Crippen LogP contribution in [0.25, 0.3) is 64.9 Å². The highest BCUT2D eigenvalue weighted by Crippen LogP contribution is 2.35. The molecule has 8 rings (SSSR count). The van der Waals surface area contributed by atoms with Crippen LogP contribution in [0.4, 0.5) is 0 Å². The Morgan fingerprint density at radius 1 is 0.583 bits per heavy atom. The Morgan fingerprint density at radius 3 is 1.46 bits per heavy atom. The predicted octanol–water partition coefficient (Wildman–Crippen LogP) is 8.79. The highest BCUT2D eigenvalue weighted by atomic mass is 32.1. The number of nitrogens with zero attached hydrogens (tertiary/aromatic N) is 4. The third-order valence-electron chi connectivity index (χ3n) is 8.59. The van der Waals surface area contributed by atoms with E-state index in [9.17, 15) is 10.5 Å². The average molecular weight is 657 g/mol. The number of nitrogens with one attached hydrogen (secondary N) is 2. The molecule has 0 fully saturated rings. The molecule has 0 bridgehead atoms. The minimum absolute atomic E-state index is 0.0162. The zero-order valence-corrected chi connectivity index (χ0v) is 28.1. The van der Waals surface area contributed by atoms with Gasteiger partial charge in [-0.2, -0.15) is 10.5 Å². The minimum atomic E-state index is -0.0162. The number of benzene rings is 4. The van der Waals surface area contributed by atoms with Gasteiger partial charge in [-0.15, -0.1) is 22.7 Å². The molecular weight excluding hydrogens is 629 g/mol. The lowest BCUT2D eigenvalue weighted by molar-refractivity contribution is 0.590. The molecule has 4 heterocycles. The van der Waals surface area contributed by atoms with Crippen molar-refractivity contribution >= 4 is 65.0 Å². The van der Waals surface area contributed by atoms with Gasteiger partial charge in [0.15, 0.2) is 0 Å². The lowest BCUT2D eigenvalue weighted by atomic mass is 9.86. The van der Waals surface area contributed by atoms with Crippen molar-refractivity contribution in [1.29, 1.82) is 10.5 Å². The SMILES string of the molecule is CC(C)(C)c1ccc(-c2[nH]/c(=C(/C#N)c3nc4ccccc4s3)c3c(-c4ccccc4)[nH]/c(=C(/C#N)c4nc5ccccc5s4)c23)cc1. The van der Waals surface area contributed by atoms with Gasteiger partial charge in [0.05, 0.1) is 42.5 Å². The van der Waals surface area contributed by atoms with Gasteiger partial charge in [-0.25, -0.2) is 9.97 Å². The number of para-hydroxylation sites is 2. The molecule has 0 aliphatic carbocycles. The normalized spacial score (nSPS) is 13.1. The number of thiazole rings is 2. The highest BCUT2D eigenvalue weighted by Gasteiger charge is 2.24. The van der Waals surface area contributed by atoms with Crippen LogP contribution in [-0.4, -0.2) is 19.9 Å². The van der Waals surface area contributed by atoms with Gasteiger partial charge in [0.1, 0.15) is 33.3 Å². The molecule has 0 aliphatic rings. The Bertz CT molecular complexity index is 2560. The summed E-state index contributed by atoms with van der Waals surface area (Å²) in [7, 11) is 0. The fourth-order valence-corrected chi connectivity index (χ4v) is 8.11. The number of fused-ring (bicyclic) bond motifs is 3. The van der Waals surface area contributed by atoms with Crippen molar-refractivity contribution in [3.05, 3.63) is 129 Å². The molecule has 0 atom stereocenters. The molecule has 0 spiro atoms. The monoisotopic (exact) mass is 656 g/mol. The van der Waals surface area contributed by atoms with Crippen LogP contribution in [0.5, 0.6) is 0 Å². The third kappa shape index (κ3) is 4.91. The molecule has 6 nitrogen and oxygen atoms in total. The summed E-state index contributed by atoms with van der Waals surface area (Å²) in [6.07, 6.45) is 0. The first-order valence-electron chi connectivity index (χ1n) is 15.5. The van der Waals surface area contributed by atoms with E-state index in [0.717, 1.165) is 53.7 Å². The molecule has 0 unspecified atom stereocenters. The number of aromatic amines is 2. The minimum Gasteiger partial charge on any atom is -0.353 e. The van der Waals surface area contributed by atoms with Crippen molar-refractivity contribution in [2.45, 2.75) is 26.2 Å². The van der Waals surface area contributed by atoms with Crippen LogP contribution in [0.15, 0.2) is 103 Å². The van der Waals surface area contributed by atoms with Crippen molar-refractivity contribution in [1.82, 2.24) is 19.9 Å².